The second kappa shape index (κ2) is 11.6. The highest BCUT2D eigenvalue weighted by Crippen LogP contribution is 2.48. The standard InChI is InChI=1S/C33H32N2O6/c1-3-39-33(37)27-21(2)41-32-25-10-9-24(40-20-22-7-5-4-6-8-22)19-26(25)31(36)29(28(27)32)30(23-11-13-34-14-12-23)35-15-17-38-18-16-35/h4-14,19,30,36H,3,15-18,20H2,1-2H3. The number of aryl methyl sites for hydroxylation is 1. The summed E-state index contributed by atoms with van der Waals surface area (Å²) in [5.41, 5.74) is 3.41. The summed E-state index contributed by atoms with van der Waals surface area (Å²) < 4.78 is 23.5. The van der Waals surface area contributed by atoms with Crippen LogP contribution in [-0.2, 0) is 16.1 Å². The molecule has 0 radical (unpaired) electrons. The topological polar surface area (TPSA) is 94.3 Å². The fraction of sp³-hybridized carbons (Fsp3) is 0.273. The summed E-state index contributed by atoms with van der Waals surface area (Å²) in [6.45, 7) is 6.56. The van der Waals surface area contributed by atoms with Gasteiger partial charge in [0.1, 0.15) is 35.0 Å². The molecule has 0 spiro atoms. The molecular formula is C33H32N2O6. The van der Waals surface area contributed by atoms with Gasteiger partial charge in [0.2, 0.25) is 0 Å². The third kappa shape index (κ3) is 5.12. The molecule has 6 rings (SSSR count). The third-order valence-electron chi connectivity index (χ3n) is 7.53. The average Bonchev–Trinajstić information content (AvgIpc) is 3.36. The summed E-state index contributed by atoms with van der Waals surface area (Å²) in [5, 5.41) is 14.0. The van der Waals surface area contributed by atoms with E-state index in [2.05, 4.69) is 9.88 Å². The Morgan fingerprint density at radius 1 is 1.05 bits per heavy atom. The minimum absolute atomic E-state index is 0.0670. The number of phenolic OH excluding ortho intramolecular Hbond substituents is 1. The molecule has 1 atom stereocenters. The van der Waals surface area contributed by atoms with Gasteiger partial charge in [-0.15, -0.1) is 0 Å². The molecular weight excluding hydrogens is 520 g/mol. The van der Waals surface area contributed by atoms with Gasteiger partial charge < -0.3 is 23.7 Å². The number of pyridine rings is 1. The number of esters is 1. The Morgan fingerprint density at radius 3 is 2.54 bits per heavy atom. The summed E-state index contributed by atoms with van der Waals surface area (Å²) in [7, 11) is 0. The molecule has 1 saturated heterocycles. The maximum Gasteiger partial charge on any atom is 0.342 e. The van der Waals surface area contributed by atoms with Gasteiger partial charge in [0.15, 0.2) is 0 Å². The maximum atomic E-state index is 13.3. The van der Waals surface area contributed by atoms with Gasteiger partial charge in [-0.3, -0.25) is 9.88 Å². The van der Waals surface area contributed by atoms with E-state index in [1.165, 1.54) is 0 Å². The van der Waals surface area contributed by atoms with Crippen LogP contribution >= 0.6 is 0 Å². The molecule has 3 heterocycles. The van der Waals surface area contributed by atoms with Crippen molar-refractivity contribution < 1.29 is 28.5 Å². The molecule has 0 aliphatic carbocycles. The summed E-state index contributed by atoms with van der Waals surface area (Å²) in [4.78, 5) is 19.8. The lowest BCUT2D eigenvalue weighted by molar-refractivity contribution is 0.0238. The number of hydrogen-bond acceptors (Lipinski definition) is 8. The molecule has 210 valence electrons. The highest BCUT2D eigenvalue weighted by molar-refractivity contribution is 6.17. The first-order chi connectivity index (χ1) is 20.1. The van der Waals surface area contributed by atoms with Crippen molar-refractivity contribution in [3.05, 3.63) is 101 Å². The van der Waals surface area contributed by atoms with Crippen molar-refractivity contribution >= 4 is 27.7 Å². The van der Waals surface area contributed by atoms with Crippen LogP contribution in [0.2, 0.25) is 0 Å². The number of morpholine rings is 1. The lowest BCUT2D eigenvalue weighted by atomic mass is 9.89. The molecule has 8 heteroatoms. The molecule has 1 aliphatic heterocycles. The Bertz CT molecular complexity index is 1680. The number of aromatic nitrogens is 1. The number of carbonyl (C=O) groups is 1. The smallest absolute Gasteiger partial charge is 0.342 e. The summed E-state index contributed by atoms with van der Waals surface area (Å²) >= 11 is 0. The molecule has 1 fully saturated rings. The molecule has 8 nitrogen and oxygen atoms in total. The number of hydrogen-bond donors (Lipinski definition) is 1. The van der Waals surface area contributed by atoms with Crippen molar-refractivity contribution in [2.45, 2.75) is 26.5 Å². The number of fused-ring (bicyclic) bond motifs is 3. The van der Waals surface area contributed by atoms with Crippen LogP contribution in [-0.4, -0.2) is 53.9 Å². The van der Waals surface area contributed by atoms with Crippen LogP contribution in [0.4, 0.5) is 0 Å². The van der Waals surface area contributed by atoms with Crippen LogP contribution in [0.1, 0.15) is 45.8 Å². The lowest BCUT2D eigenvalue weighted by Gasteiger charge is -2.36. The van der Waals surface area contributed by atoms with E-state index in [1.54, 1.807) is 26.2 Å². The van der Waals surface area contributed by atoms with E-state index >= 15 is 0 Å². The zero-order valence-corrected chi connectivity index (χ0v) is 23.1. The molecule has 41 heavy (non-hydrogen) atoms. The van der Waals surface area contributed by atoms with Crippen LogP contribution in [0, 0.1) is 6.92 Å². The van der Waals surface area contributed by atoms with E-state index in [4.69, 9.17) is 18.6 Å². The van der Waals surface area contributed by atoms with Gasteiger partial charge >= 0.3 is 5.97 Å². The monoisotopic (exact) mass is 552 g/mol. The van der Waals surface area contributed by atoms with Crippen molar-refractivity contribution in [2.24, 2.45) is 0 Å². The van der Waals surface area contributed by atoms with E-state index in [1.807, 2.05) is 60.7 Å². The highest BCUT2D eigenvalue weighted by atomic mass is 16.5. The SMILES string of the molecule is CCOC(=O)c1c(C)oc2c1c(C(c1ccncc1)N1CCOCC1)c(O)c1cc(OCc3ccccc3)ccc12. The second-order valence-corrected chi connectivity index (χ2v) is 10.0. The Balaban J connectivity index is 1.60. The van der Waals surface area contributed by atoms with Gasteiger partial charge in [-0.2, -0.15) is 0 Å². The molecule has 0 saturated carbocycles. The van der Waals surface area contributed by atoms with E-state index in [9.17, 15) is 9.90 Å². The Hall–Kier alpha value is -4.40. The molecule has 0 amide bonds. The third-order valence-corrected chi connectivity index (χ3v) is 7.53. The van der Waals surface area contributed by atoms with E-state index in [0.29, 0.717) is 77.3 Å². The van der Waals surface area contributed by atoms with E-state index in [-0.39, 0.29) is 12.4 Å². The van der Waals surface area contributed by atoms with Crippen molar-refractivity contribution in [3.8, 4) is 11.5 Å². The molecule has 1 aliphatic rings. The zero-order chi connectivity index (χ0) is 28.3. The quantitative estimate of drug-likeness (QED) is 0.228. The number of furan rings is 1. The van der Waals surface area contributed by atoms with Gasteiger partial charge in [0.25, 0.3) is 0 Å². The maximum absolute atomic E-state index is 13.3. The number of phenols is 1. The number of rotatable bonds is 8. The van der Waals surface area contributed by atoms with Gasteiger partial charge in [-0.25, -0.2) is 4.79 Å². The van der Waals surface area contributed by atoms with Gasteiger partial charge in [-0.1, -0.05) is 30.3 Å². The molecule has 5 aromatic rings. The molecule has 2 aromatic heterocycles. The van der Waals surface area contributed by atoms with Crippen LogP contribution in [0.15, 0.2) is 77.5 Å². The summed E-state index contributed by atoms with van der Waals surface area (Å²) in [6, 6.07) is 19.0. The van der Waals surface area contributed by atoms with Crippen LogP contribution in [0.25, 0.3) is 21.7 Å². The van der Waals surface area contributed by atoms with Crippen molar-refractivity contribution in [3.63, 3.8) is 0 Å². The summed E-state index contributed by atoms with van der Waals surface area (Å²) in [6.07, 6.45) is 3.47. The highest BCUT2D eigenvalue weighted by Gasteiger charge is 2.34. The first-order valence-electron chi connectivity index (χ1n) is 13.8. The Kier molecular flexibility index (Phi) is 7.59. The Labute approximate surface area is 238 Å². The first kappa shape index (κ1) is 26.8. The first-order valence-corrected chi connectivity index (χ1v) is 13.8. The van der Waals surface area contributed by atoms with Crippen molar-refractivity contribution in [2.75, 3.05) is 32.9 Å². The van der Waals surface area contributed by atoms with Gasteiger partial charge in [0, 0.05) is 47.2 Å². The van der Waals surface area contributed by atoms with Crippen LogP contribution < -0.4 is 4.74 Å². The largest absolute Gasteiger partial charge is 0.507 e. The van der Waals surface area contributed by atoms with Crippen molar-refractivity contribution in [1.82, 2.24) is 9.88 Å². The number of benzene rings is 3. The number of ether oxygens (including phenoxy) is 3. The van der Waals surface area contributed by atoms with E-state index < -0.39 is 12.0 Å². The average molecular weight is 553 g/mol. The van der Waals surface area contributed by atoms with E-state index in [0.717, 1.165) is 11.1 Å². The minimum atomic E-state index is -0.484. The normalized spacial score (nSPS) is 14.8. The van der Waals surface area contributed by atoms with Crippen molar-refractivity contribution in [1.29, 1.82) is 0 Å². The predicted octanol–water partition coefficient (Wildman–Crippen LogP) is 6.17. The second-order valence-electron chi connectivity index (χ2n) is 10.0. The number of aromatic hydroxyl groups is 1. The predicted molar refractivity (Wildman–Crippen MR) is 155 cm³/mol. The molecule has 1 unspecified atom stereocenters. The summed E-state index contributed by atoms with van der Waals surface area (Å²) in [5.74, 6) is 0.633. The van der Waals surface area contributed by atoms with Gasteiger partial charge in [0.05, 0.1) is 25.9 Å². The number of nitrogens with zero attached hydrogens (tertiary/aromatic N) is 2. The Morgan fingerprint density at radius 2 is 1.80 bits per heavy atom. The number of carbonyl (C=O) groups excluding carboxylic acids is 1. The molecule has 0 bridgehead atoms. The van der Waals surface area contributed by atoms with Crippen LogP contribution in [0.5, 0.6) is 11.5 Å². The molecule has 1 N–H and O–H groups in total. The minimum Gasteiger partial charge on any atom is -0.507 e. The fourth-order valence-electron chi connectivity index (χ4n) is 5.66. The molecule has 3 aromatic carbocycles. The van der Waals surface area contributed by atoms with Gasteiger partial charge in [-0.05, 0) is 55.3 Å². The lowest BCUT2D eigenvalue weighted by Crippen LogP contribution is -2.39. The van der Waals surface area contributed by atoms with Crippen LogP contribution in [0.3, 0.4) is 0 Å². The fourth-order valence-corrected chi connectivity index (χ4v) is 5.66. The zero-order valence-electron chi connectivity index (χ0n) is 23.1.